The number of pyridine rings is 2. The van der Waals surface area contributed by atoms with Gasteiger partial charge in [-0.1, -0.05) is 23.4 Å². The summed E-state index contributed by atoms with van der Waals surface area (Å²) >= 11 is 7.66. The van der Waals surface area contributed by atoms with Crippen molar-refractivity contribution < 1.29 is 18.7 Å². The Morgan fingerprint density at radius 1 is 1.20 bits per heavy atom. The van der Waals surface area contributed by atoms with Gasteiger partial charge in [0, 0.05) is 66.4 Å². The number of carbonyl (C=O) groups is 1. The lowest BCUT2D eigenvalue weighted by Crippen LogP contribution is -2.53. The largest absolute Gasteiger partial charge is 0.478 e. The van der Waals surface area contributed by atoms with Gasteiger partial charge in [0.2, 0.25) is 0 Å². The first-order valence-corrected chi connectivity index (χ1v) is 17.6. The van der Waals surface area contributed by atoms with Crippen LogP contribution in [0.4, 0.5) is 14.6 Å². The number of benzene rings is 1. The molecule has 14 heteroatoms. The fraction of sp³-hybridized carbons (Fsp3) is 0.351. The lowest BCUT2D eigenvalue weighted by molar-refractivity contribution is -0.0281. The number of carboxylic acids is 1. The average molecular weight is 728 g/mol. The Morgan fingerprint density at radius 2 is 1.94 bits per heavy atom. The molecule has 0 radical (unpaired) electrons. The Bertz CT molecular complexity index is 2380. The van der Waals surface area contributed by atoms with Gasteiger partial charge >= 0.3 is 5.97 Å². The summed E-state index contributed by atoms with van der Waals surface area (Å²) in [7, 11) is 1.86. The van der Waals surface area contributed by atoms with E-state index in [9.17, 15) is 28.7 Å². The van der Waals surface area contributed by atoms with Crippen molar-refractivity contribution in [3.63, 3.8) is 0 Å². The molecule has 3 atom stereocenters. The van der Waals surface area contributed by atoms with E-state index in [0.29, 0.717) is 56.6 Å². The number of aromatic carboxylic acids is 1. The number of alkyl halides is 2. The van der Waals surface area contributed by atoms with Gasteiger partial charge in [-0.3, -0.25) is 19.2 Å². The number of nitriles is 1. The highest BCUT2D eigenvalue weighted by Crippen LogP contribution is 2.42. The van der Waals surface area contributed by atoms with Gasteiger partial charge in [-0.15, -0.1) is 11.3 Å². The molecule has 0 spiro atoms. The van der Waals surface area contributed by atoms with Crippen molar-refractivity contribution in [3.8, 4) is 29.0 Å². The number of aryl methyl sites for hydroxylation is 1. The number of likely N-dealkylation sites (tertiary alicyclic amines) is 1. The average Bonchev–Trinajstić information content (AvgIpc) is 3.63. The van der Waals surface area contributed by atoms with E-state index in [-0.39, 0.29) is 47.5 Å². The fourth-order valence-corrected chi connectivity index (χ4v) is 9.01. The van der Waals surface area contributed by atoms with Crippen molar-refractivity contribution in [2.24, 2.45) is 11.8 Å². The third-order valence-corrected chi connectivity index (χ3v) is 11.1. The Morgan fingerprint density at radius 3 is 2.63 bits per heavy atom. The molecule has 2 bridgehead atoms. The molecule has 1 saturated heterocycles. The first-order chi connectivity index (χ1) is 24.3. The summed E-state index contributed by atoms with van der Waals surface area (Å²) in [6, 6.07) is 9.23. The molecular formula is C37H32ClF2N7O3S. The minimum atomic E-state index is -2.77. The van der Waals surface area contributed by atoms with E-state index in [0.717, 1.165) is 25.3 Å². The highest BCUT2D eigenvalue weighted by molar-refractivity contribution is 7.18. The topological polar surface area (TPSA) is 128 Å². The minimum absolute atomic E-state index is 0.00428. The minimum Gasteiger partial charge on any atom is -0.478 e. The summed E-state index contributed by atoms with van der Waals surface area (Å²) in [5, 5.41) is 22.2. The van der Waals surface area contributed by atoms with Crippen LogP contribution in [0.15, 0.2) is 46.8 Å². The van der Waals surface area contributed by atoms with Gasteiger partial charge in [-0.05, 0) is 55.9 Å². The van der Waals surface area contributed by atoms with E-state index in [1.165, 1.54) is 22.1 Å². The van der Waals surface area contributed by atoms with E-state index < -0.39 is 17.5 Å². The summed E-state index contributed by atoms with van der Waals surface area (Å²) in [6.45, 7) is 3.41. The zero-order valence-corrected chi connectivity index (χ0v) is 29.5. The quantitative estimate of drug-likeness (QED) is 0.188. The van der Waals surface area contributed by atoms with Crippen LogP contribution >= 0.6 is 22.9 Å². The van der Waals surface area contributed by atoms with E-state index in [1.54, 1.807) is 42.8 Å². The fourth-order valence-electron chi connectivity index (χ4n) is 7.81. The molecule has 1 aliphatic carbocycles. The van der Waals surface area contributed by atoms with E-state index in [4.69, 9.17) is 11.6 Å². The van der Waals surface area contributed by atoms with Crippen molar-refractivity contribution in [1.29, 1.82) is 5.26 Å². The van der Waals surface area contributed by atoms with Crippen molar-refractivity contribution in [2.45, 2.75) is 45.2 Å². The molecular weight excluding hydrogens is 696 g/mol. The molecule has 5 heterocycles. The molecule has 1 saturated carbocycles. The van der Waals surface area contributed by atoms with Crippen molar-refractivity contribution in [3.05, 3.63) is 79.9 Å². The molecule has 1 N–H and O–H groups in total. The first-order valence-electron chi connectivity index (χ1n) is 16.4. The Hall–Kier alpha value is -4.95. The van der Waals surface area contributed by atoms with E-state index in [2.05, 4.69) is 32.9 Å². The molecule has 4 aromatic heterocycles. The van der Waals surface area contributed by atoms with Crippen LogP contribution < -0.4 is 10.5 Å². The van der Waals surface area contributed by atoms with E-state index >= 15 is 0 Å². The highest BCUT2D eigenvalue weighted by Gasteiger charge is 2.46. The van der Waals surface area contributed by atoms with Crippen molar-refractivity contribution in [2.75, 3.05) is 31.6 Å². The van der Waals surface area contributed by atoms with Crippen LogP contribution in [0.2, 0.25) is 5.02 Å². The summed E-state index contributed by atoms with van der Waals surface area (Å²) in [6.07, 6.45) is 4.85. The van der Waals surface area contributed by atoms with Gasteiger partial charge in [0.1, 0.15) is 23.3 Å². The Labute approximate surface area is 300 Å². The summed E-state index contributed by atoms with van der Waals surface area (Å²) < 4.78 is 29.8. The molecule has 51 heavy (non-hydrogen) atoms. The molecule has 1 unspecified atom stereocenters. The standard InChI is InChI=1S/C37H32ClF2N7O3S/c1-20-44-29-15-43-34(45(3)32-22-6-7-23(32)17-46(16-22)19-37(2,39)40)27(14-41)30(29)35(48)47(20)12-4-5-21-8-9-24(38)13-26(21)25-10-11-42-31-28(36(49)50)18-51-33(25)31/h8-11,13,15,18,22-23,32H,6-7,12,16-17,19H2,1-3H3,(H,49,50)/t22-,23+,32?. The van der Waals surface area contributed by atoms with Crippen LogP contribution in [0.25, 0.3) is 32.2 Å². The zero-order valence-electron chi connectivity index (χ0n) is 28.0. The maximum atomic E-state index is 14.1. The number of rotatable bonds is 7. The number of aromatic nitrogens is 4. The number of hydrogen-bond acceptors (Lipinski definition) is 9. The molecule has 1 aromatic carbocycles. The van der Waals surface area contributed by atoms with E-state index in [1.807, 2.05) is 16.8 Å². The molecule has 5 aromatic rings. The first kappa shape index (κ1) is 34.5. The van der Waals surface area contributed by atoms with Gasteiger partial charge in [0.15, 0.2) is 0 Å². The number of anilines is 1. The van der Waals surface area contributed by atoms with Gasteiger partial charge < -0.3 is 10.0 Å². The van der Waals surface area contributed by atoms with Crippen molar-refractivity contribution >= 4 is 55.8 Å². The highest BCUT2D eigenvalue weighted by atomic mass is 35.5. The second kappa shape index (κ2) is 13.3. The normalized spacial score (nSPS) is 18.8. The smallest absolute Gasteiger partial charge is 0.338 e. The van der Waals surface area contributed by atoms with Crippen LogP contribution in [0, 0.1) is 41.9 Å². The lowest BCUT2D eigenvalue weighted by atomic mass is 9.90. The third kappa shape index (κ3) is 6.42. The van der Waals surface area contributed by atoms with Crippen LogP contribution in [0.1, 0.15) is 47.1 Å². The van der Waals surface area contributed by atoms with Crippen LogP contribution in [-0.2, 0) is 6.54 Å². The second-order valence-electron chi connectivity index (χ2n) is 13.3. The van der Waals surface area contributed by atoms with Crippen molar-refractivity contribution in [1.82, 2.24) is 24.4 Å². The van der Waals surface area contributed by atoms with Crippen LogP contribution in [0.3, 0.4) is 0 Å². The molecule has 1 aliphatic heterocycles. The maximum Gasteiger partial charge on any atom is 0.338 e. The number of fused-ring (bicyclic) bond motifs is 4. The predicted molar refractivity (Wildman–Crippen MR) is 193 cm³/mol. The number of piperidine rings is 1. The second-order valence-corrected chi connectivity index (χ2v) is 14.6. The molecule has 2 aliphatic rings. The lowest BCUT2D eigenvalue weighted by Gasteiger charge is -2.43. The molecule has 260 valence electrons. The predicted octanol–water partition coefficient (Wildman–Crippen LogP) is 6.45. The summed E-state index contributed by atoms with van der Waals surface area (Å²) in [5.41, 5.74) is 2.53. The molecule has 7 rings (SSSR count). The zero-order chi connectivity index (χ0) is 36.2. The van der Waals surface area contributed by atoms with Gasteiger partial charge in [-0.25, -0.2) is 23.5 Å². The van der Waals surface area contributed by atoms with Gasteiger partial charge in [-0.2, -0.15) is 5.26 Å². The summed E-state index contributed by atoms with van der Waals surface area (Å²) in [4.78, 5) is 43.1. The Kier molecular flexibility index (Phi) is 9.00. The number of hydrogen-bond donors (Lipinski definition) is 1. The number of thiophene rings is 1. The third-order valence-electron chi connectivity index (χ3n) is 9.84. The van der Waals surface area contributed by atoms with Gasteiger partial charge in [0.05, 0.1) is 46.0 Å². The molecule has 0 amide bonds. The number of halogens is 3. The van der Waals surface area contributed by atoms with Crippen LogP contribution in [0.5, 0.6) is 0 Å². The maximum absolute atomic E-state index is 14.1. The van der Waals surface area contributed by atoms with Gasteiger partial charge in [0.25, 0.3) is 11.5 Å². The summed E-state index contributed by atoms with van der Waals surface area (Å²) in [5.74, 6) is 3.43. The number of carboxylic acid groups (broad SMARTS) is 1. The monoisotopic (exact) mass is 727 g/mol. The molecule has 2 fully saturated rings. The SMILES string of the molecule is Cc1nc2cnc(N(C)C3[C@@H]4CC[C@H]3CN(CC(C)(F)F)C4)c(C#N)c2c(=O)n1CC#Cc1ccc(Cl)cc1-c1ccnc2c(C(=O)O)csc12. The Balaban J connectivity index is 1.22. The number of nitrogens with zero attached hydrogens (tertiary/aromatic N) is 7. The molecule has 10 nitrogen and oxygen atoms in total. The van der Waals surface area contributed by atoms with Crippen LogP contribution in [-0.4, -0.2) is 74.1 Å².